The molecule has 0 aliphatic heterocycles. The van der Waals surface area contributed by atoms with E-state index in [-0.39, 0.29) is 11.6 Å². The second-order valence-electron chi connectivity index (χ2n) is 9.26. The number of rotatable bonds is 5. The van der Waals surface area contributed by atoms with Crippen molar-refractivity contribution in [3.63, 3.8) is 0 Å². The first kappa shape index (κ1) is 20.8. The molecule has 0 amide bonds. The van der Waals surface area contributed by atoms with Crippen LogP contribution in [0.25, 0.3) is 11.0 Å². The quantitative estimate of drug-likeness (QED) is 0.608. The molecule has 5 heteroatoms. The van der Waals surface area contributed by atoms with Gasteiger partial charge in [0.25, 0.3) is 0 Å². The highest BCUT2D eigenvalue weighted by Crippen LogP contribution is 2.39. The molecule has 2 aromatic carbocycles. The van der Waals surface area contributed by atoms with Gasteiger partial charge in [-0.15, -0.1) is 0 Å². The van der Waals surface area contributed by atoms with Gasteiger partial charge < -0.3 is 14.1 Å². The summed E-state index contributed by atoms with van der Waals surface area (Å²) in [6.45, 7) is 13.3. The van der Waals surface area contributed by atoms with Crippen LogP contribution < -0.4 is 0 Å². The first-order valence-corrected chi connectivity index (χ1v) is 12.7. The van der Waals surface area contributed by atoms with Gasteiger partial charge in [-0.3, -0.25) is 0 Å². The van der Waals surface area contributed by atoms with Gasteiger partial charge in [0.2, 0.25) is 0 Å². The highest BCUT2D eigenvalue weighted by atomic mass is 28.4. The lowest BCUT2D eigenvalue weighted by atomic mass is 9.94. The molecule has 4 nitrogen and oxygen atoms in total. The van der Waals surface area contributed by atoms with E-state index >= 15 is 0 Å². The predicted octanol–water partition coefficient (Wildman–Crippen LogP) is 5.14. The van der Waals surface area contributed by atoms with Gasteiger partial charge in [-0.1, -0.05) is 57.2 Å². The van der Waals surface area contributed by atoms with Gasteiger partial charge in [-0.05, 0) is 48.3 Å². The average Bonchev–Trinajstić information content (AvgIpc) is 2.96. The Labute approximate surface area is 169 Å². The molecule has 150 valence electrons. The molecule has 28 heavy (non-hydrogen) atoms. The molecule has 0 radical (unpaired) electrons. The molecule has 1 N–H and O–H groups in total. The summed E-state index contributed by atoms with van der Waals surface area (Å²) >= 11 is 0. The Morgan fingerprint density at radius 2 is 1.71 bits per heavy atom. The van der Waals surface area contributed by atoms with Crippen LogP contribution in [-0.2, 0) is 17.1 Å². The lowest BCUT2D eigenvalue weighted by Gasteiger charge is -2.39. The van der Waals surface area contributed by atoms with Gasteiger partial charge >= 0.3 is 0 Å². The molecule has 1 aromatic heterocycles. The Hall–Kier alpha value is -1.95. The Morgan fingerprint density at radius 3 is 2.32 bits per heavy atom. The van der Waals surface area contributed by atoms with Gasteiger partial charge in [0.1, 0.15) is 5.82 Å². The number of aryl methyl sites for hydroxylation is 2. The topological polar surface area (TPSA) is 47.3 Å². The monoisotopic (exact) mass is 396 g/mol. The maximum Gasteiger partial charge on any atom is 0.192 e. The van der Waals surface area contributed by atoms with Crippen LogP contribution in [0.3, 0.4) is 0 Å². The van der Waals surface area contributed by atoms with E-state index in [1.54, 1.807) is 0 Å². The molecular weight excluding hydrogens is 364 g/mol. The molecule has 0 bridgehead atoms. The zero-order valence-electron chi connectivity index (χ0n) is 18.1. The lowest BCUT2D eigenvalue weighted by molar-refractivity contribution is 0.0130. The van der Waals surface area contributed by atoms with Crippen molar-refractivity contribution in [2.24, 2.45) is 7.05 Å². The van der Waals surface area contributed by atoms with Crippen molar-refractivity contribution in [1.29, 1.82) is 0 Å². The zero-order valence-corrected chi connectivity index (χ0v) is 19.1. The Kier molecular flexibility index (Phi) is 5.30. The van der Waals surface area contributed by atoms with Gasteiger partial charge in [0.05, 0.1) is 17.6 Å². The fraction of sp³-hybridized carbons (Fsp3) is 0.435. The minimum absolute atomic E-state index is 0.0636. The van der Waals surface area contributed by atoms with Crippen molar-refractivity contribution >= 4 is 19.4 Å². The zero-order chi connectivity index (χ0) is 20.7. The van der Waals surface area contributed by atoms with Crippen molar-refractivity contribution in [1.82, 2.24) is 9.55 Å². The van der Waals surface area contributed by atoms with Crippen molar-refractivity contribution in [3.05, 3.63) is 65.5 Å². The maximum absolute atomic E-state index is 11.9. The predicted molar refractivity (Wildman–Crippen MR) is 118 cm³/mol. The minimum atomic E-state index is -2.04. The molecule has 1 heterocycles. The normalized spacial score (nSPS) is 15.0. The first-order chi connectivity index (χ1) is 13.0. The highest BCUT2D eigenvalue weighted by molar-refractivity contribution is 6.74. The number of benzene rings is 2. The molecule has 0 saturated heterocycles. The molecule has 1 unspecified atom stereocenters. The van der Waals surface area contributed by atoms with Gasteiger partial charge in [-0.2, -0.15) is 0 Å². The van der Waals surface area contributed by atoms with E-state index in [1.165, 1.54) is 5.56 Å². The number of hydrogen-bond acceptors (Lipinski definition) is 3. The van der Waals surface area contributed by atoms with Crippen LogP contribution >= 0.6 is 0 Å². The summed E-state index contributed by atoms with van der Waals surface area (Å²) in [5.74, 6) is 0.609. The Balaban J connectivity index is 2.12. The van der Waals surface area contributed by atoms with Crippen molar-refractivity contribution in [2.45, 2.75) is 51.4 Å². The molecule has 0 aliphatic carbocycles. The molecule has 0 saturated carbocycles. The number of imidazole rings is 1. The number of nitrogens with zero attached hydrogens (tertiary/aromatic N) is 2. The summed E-state index contributed by atoms with van der Waals surface area (Å²) in [4.78, 5) is 4.81. The summed E-state index contributed by atoms with van der Waals surface area (Å²) in [6, 6.07) is 15.9. The Morgan fingerprint density at radius 1 is 1.07 bits per heavy atom. The molecule has 0 spiro atoms. The molecular formula is C23H32N2O2Si. The second kappa shape index (κ2) is 7.14. The van der Waals surface area contributed by atoms with E-state index in [0.717, 1.165) is 16.6 Å². The minimum Gasteiger partial charge on any atom is -0.413 e. The third kappa shape index (κ3) is 3.66. The fourth-order valence-corrected chi connectivity index (χ4v) is 4.16. The molecule has 3 aromatic rings. The number of fused-ring (bicyclic) bond motifs is 1. The summed E-state index contributed by atoms with van der Waals surface area (Å²) in [5, 5.41) is 12.0. The molecule has 3 rings (SSSR count). The summed E-state index contributed by atoms with van der Waals surface area (Å²) in [7, 11) is -0.0802. The van der Waals surface area contributed by atoms with Crippen molar-refractivity contribution < 1.29 is 9.53 Å². The SMILES string of the molecule is Cc1ccc2nc(C(O)(CO[Si](C)(C)C(C)(C)C)c3ccccc3)n(C)c2c1. The van der Waals surface area contributed by atoms with E-state index in [0.29, 0.717) is 5.82 Å². The van der Waals surface area contributed by atoms with E-state index in [4.69, 9.17) is 9.41 Å². The number of hydrogen-bond donors (Lipinski definition) is 1. The standard InChI is InChI=1S/C23H32N2O2Si/c1-17-13-14-19-20(15-17)25(5)21(24-19)23(26,18-11-9-8-10-12-18)16-27-28(6,7)22(2,3)4/h8-15,26H,16H2,1-7H3. The lowest BCUT2D eigenvalue weighted by Crippen LogP contribution is -2.46. The fourth-order valence-electron chi connectivity index (χ4n) is 3.16. The van der Waals surface area contributed by atoms with Crippen LogP contribution in [0.15, 0.2) is 48.5 Å². The van der Waals surface area contributed by atoms with Crippen LogP contribution in [0.4, 0.5) is 0 Å². The average molecular weight is 397 g/mol. The van der Waals surface area contributed by atoms with Crippen LogP contribution in [-0.4, -0.2) is 29.6 Å². The van der Waals surface area contributed by atoms with E-state index in [9.17, 15) is 5.11 Å². The smallest absolute Gasteiger partial charge is 0.192 e. The number of aromatic nitrogens is 2. The van der Waals surface area contributed by atoms with Gasteiger partial charge in [-0.25, -0.2) is 4.98 Å². The van der Waals surface area contributed by atoms with Crippen LogP contribution in [0, 0.1) is 6.92 Å². The van der Waals surface area contributed by atoms with Gasteiger partial charge in [0, 0.05) is 7.05 Å². The van der Waals surface area contributed by atoms with Crippen molar-refractivity contribution in [2.75, 3.05) is 6.61 Å². The Bertz CT molecular complexity index is 973. The molecule has 0 fully saturated rings. The van der Waals surface area contributed by atoms with E-state index in [1.807, 2.05) is 54.1 Å². The van der Waals surface area contributed by atoms with Crippen LogP contribution in [0.5, 0.6) is 0 Å². The summed E-state index contributed by atoms with van der Waals surface area (Å²) in [6.07, 6.45) is 0. The van der Waals surface area contributed by atoms with E-state index < -0.39 is 13.9 Å². The first-order valence-electron chi connectivity index (χ1n) is 9.81. The largest absolute Gasteiger partial charge is 0.413 e. The number of aliphatic hydroxyl groups is 1. The third-order valence-electron chi connectivity index (χ3n) is 6.11. The maximum atomic E-state index is 11.9. The van der Waals surface area contributed by atoms with Gasteiger partial charge in [0.15, 0.2) is 13.9 Å². The third-order valence-corrected chi connectivity index (χ3v) is 10.6. The highest BCUT2D eigenvalue weighted by Gasteiger charge is 2.43. The molecule has 0 aliphatic rings. The summed E-state index contributed by atoms with van der Waals surface area (Å²) < 4.78 is 8.47. The van der Waals surface area contributed by atoms with Crippen LogP contribution in [0.1, 0.15) is 37.7 Å². The van der Waals surface area contributed by atoms with Crippen molar-refractivity contribution in [3.8, 4) is 0 Å². The molecule has 1 atom stereocenters. The van der Waals surface area contributed by atoms with Crippen LogP contribution in [0.2, 0.25) is 18.1 Å². The van der Waals surface area contributed by atoms with E-state index in [2.05, 4.69) is 46.9 Å². The summed E-state index contributed by atoms with van der Waals surface area (Å²) in [5.41, 5.74) is 2.53. The second-order valence-corrected chi connectivity index (χ2v) is 14.1.